The summed E-state index contributed by atoms with van der Waals surface area (Å²) in [6, 6.07) is 14.0. The van der Waals surface area contributed by atoms with Crippen molar-refractivity contribution in [3.05, 3.63) is 69.7 Å². The van der Waals surface area contributed by atoms with Crippen LogP contribution in [0.5, 0.6) is 0 Å². The summed E-state index contributed by atoms with van der Waals surface area (Å²) in [5.41, 5.74) is -3.06. The van der Waals surface area contributed by atoms with Crippen molar-refractivity contribution in [2.45, 2.75) is 36.6 Å². The van der Waals surface area contributed by atoms with Gasteiger partial charge in [0.25, 0.3) is 0 Å². The molecule has 1 atom stereocenters. The Morgan fingerprint density at radius 2 is 1.68 bits per heavy atom. The molecule has 0 heterocycles. The predicted molar refractivity (Wildman–Crippen MR) is 120 cm³/mol. The number of hydrogen-bond acceptors (Lipinski definition) is 2. The zero-order valence-electron chi connectivity index (χ0n) is 14.1. The fourth-order valence-electron chi connectivity index (χ4n) is 2.68. The molecule has 2 rings (SSSR count). The Morgan fingerprint density at radius 1 is 1.11 bits per heavy atom. The van der Waals surface area contributed by atoms with Crippen LogP contribution >= 0.6 is 36.2 Å². The van der Waals surface area contributed by atoms with E-state index in [0.717, 1.165) is 18.9 Å². The first-order chi connectivity index (χ1) is 11.9. The van der Waals surface area contributed by atoms with Crippen molar-refractivity contribution in [2.75, 3.05) is 0 Å². The monoisotopic (exact) mass is 512 g/mol. The molecule has 0 amide bonds. The molecule has 0 spiro atoms. The van der Waals surface area contributed by atoms with Crippen LogP contribution in [-0.4, -0.2) is 68.9 Å². The Labute approximate surface area is 222 Å². The van der Waals surface area contributed by atoms with E-state index >= 15 is 0 Å². The Hall–Kier alpha value is 1.28. The summed E-state index contributed by atoms with van der Waals surface area (Å²) in [4.78, 5) is 17.8. The number of halogens is 3. The van der Waals surface area contributed by atoms with Crippen molar-refractivity contribution < 1.29 is 23.1 Å². The minimum absolute atomic E-state index is 0. The van der Waals surface area contributed by atoms with E-state index in [4.69, 9.17) is 9.79 Å². The Morgan fingerprint density at radius 3 is 2.18 bits per heavy atom. The Bertz CT molecular complexity index is 820. The molecule has 10 heteroatoms. The van der Waals surface area contributed by atoms with E-state index in [2.05, 4.69) is 28.6 Å². The molecule has 2 aromatic carbocycles. The van der Waals surface area contributed by atoms with Gasteiger partial charge in [0.2, 0.25) is 0 Å². The molecular formula is C18H22BrF2Na2O3PS. The van der Waals surface area contributed by atoms with Gasteiger partial charge >= 0.3 is 72.4 Å². The van der Waals surface area contributed by atoms with E-state index in [1.54, 1.807) is 0 Å². The second-order valence-electron chi connectivity index (χ2n) is 6.39. The van der Waals surface area contributed by atoms with Crippen molar-refractivity contribution in [3.8, 4) is 0 Å². The molecule has 0 aromatic heterocycles. The Kier molecular flexibility index (Phi) is 12.3. The van der Waals surface area contributed by atoms with Gasteiger partial charge in [-0.2, -0.15) is 21.4 Å². The molecule has 0 bridgehead atoms. The van der Waals surface area contributed by atoms with Crippen molar-refractivity contribution in [1.82, 2.24) is 0 Å². The molecule has 0 aliphatic carbocycles. The van der Waals surface area contributed by atoms with Gasteiger partial charge in [-0.1, -0.05) is 58.4 Å². The maximum absolute atomic E-state index is 13.9. The quantitative estimate of drug-likeness (QED) is 0.290. The normalized spacial score (nSPS) is 13.8. The summed E-state index contributed by atoms with van der Waals surface area (Å²) in [5, 5.41) is 0. The third-order valence-corrected chi connectivity index (χ3v) is 6.36. The van der Waals surface area contributed by atoms with Gasteiger partial charge in [-0.05, 0) is 43.4 Å². The third kappa shape index (κ3) is 7.45. The number of benzene rings is 2. The van der Waals surface area contributed by atoms with E-state index in [-0.39, 0.29) is 63.6 Å². The van der Waals surface area contributed by atoms with Crippen LogP contribution in [0.25, 0.3) is 0 Å². The van der Waals surface area contributed by atoms with Crippen LogP contribution in [0.15, 0.2) is 53.0 Å². The molecule has 146 valence electrons. The summed E-state index contributed by atoms with van der Waals surface area (Å²) in [7, 11) is -5.61. The zero-order valence-corrected chi connectivity index (χ0v) is 17.4. The first-order valence-electron chi connectivity index (χ1n) is 7.95. The van der Waals surface area contributed by atoms with Crippen LogP contribution in [0.3, 0.4) is 0 Å². The first kappa shape index (κ1) is 29.3. The topological polar surface area (TPSA) is 57.5 Å². The van der Waals surface area contributed by atoms with Gasteiger partial charge in [-0.3, -0.25) is 4.57 Å². The third-order valence-electron chi connectivity index (χ3n) is 4.25. The van der Waals surface area contributed by atoms with Crippen LogP contribution < -0.4 is 0 Å². The molecule has 0 aliphatic heterocycles. The number of aryl methyl sites for hydroxylation is 1. The van der Waals surface area contributed by atoms with Gasteiger partial charge in [0.15, 0.2) is 0 Å². The van der Waals surface area contributed by atoms with E-state index in [9.17, 15) is 13.3 Å². The van der Waals surface area contributed by atoms with Crippen LogP contribution in [-0.2, 0) is 21.4 Å². The summed E-state index contributed by atoms with van der Waals surface area (Å²) in [5.74, 6) is 0. The molecule has 0 saturated carbocycles. The average molecular weight is 513 g/mol. The fraction of sp³-hybridized carbons (Fsp3) is 0.333. The Balaban J connectivity index is 0.00000364. The van der Waals surface area contributed by atoms with E-state index in [1.807, 2.05) is 37.3 Å². The molecule has 28 heavy (non-hydrogen) atoms. The van der Waals surface area contributed by atoms with Gasteiger partial charge in [0.1, 0.15) is 0 Å². The summed E-state index contributed by atoms with van der Waals surface area (Å²) >= 11 is 7.69. The molecule has 0 saturated heterocycles. The zero-order chi connectivity index (χ0) is 19.6. The first-order valence-corrected chi connectivity index (χ1v) is 10.8. The number of hydrogen-bond donors (Lipinski definition) is 3. The van der Waals surface area contributed by atoms with Crippen molar-refractivity contribution in [3.63, 3.8) is 0 Å². The molecule has 3 nitrogen and oxygen atoms in total. The van der Waals surface area contributed by atoms with E-state index in [1.165, 1.54) is 17.7 Å². The second-order valence-corrected chi connectivity index (χ2v) is 9.88. The minimum atomic E-state index is -5.61. The summed E-state index contributed by atoms with van der Waals surface area (Å²) < 4.78 is 38.3. The van der Waals surface area contributed by atoms with Crippen LogP contribution in [0.1, 0.15) is 36.5 Å². The van der Waals surface area contributed by atoms with Gasteiger partial charge in [0, 0.05) is 14.8 Å². The molecule has 2 N–H and O–H groups in total. The summed E-state index contributed by atoms with van der Waals surface area (Å²) in [6.45, 7) is 1.89. The standard InChI is InChI=1S/C18H20BrF2O3PS.2Na.2H/c1-17(26,11-5-8-13-6-3-2-4-7-13)14-9-10-15(16(19)12-14)18(20,21)25(22,23)24;;;;/h2-4,6-7,9-10,12,26H,5,8,11H2,1H3,(H2,22,23,24);;;;. The van der Waals surface area contributed by atoms with Crippen molar-refractivity contribution in [1.29, 1.82) is 0 Å². The molecule has 0 aliphatic rings. The van der Waals surface area contributed by atoms with Gasteiger partial charge < -0.3 is 9.79 Å². The summed E-state index contributed by atoms with van der Waals surface area (Å²) in [6.07, 6.45) is 2.46. The molecular weight excluding hydrogens is 491 g/mol. The molecule has 0 radical (unpaired) electrons. The van der Waals surface area contributed by atoms with Gasteiger partial charge in [-0.25, -0.2) is 0 Å². The van der Waals surface area contributed by atoms with Gasteiger partial charge in [0.05, 0.1) is 0 Å². The second kappa shape index (κ2) is 11.8. The van der Waals surface area contributed by atoms with E-state index < -0.39 is 23.6 Å². The molecule has 2 aromatic rings. The number of alkyl halides is 2. The molecule has 1 unspecified atom stereocenters. The fourth-order valence-corrected chi connectivity index (χ4v) is 4.26. The van der Waals surface area contributed by atoms with Crippen molar-refractivity contribution in [2.24, 2.45) is 0 Å². The van der Waals surface area contributed by atoms with Crippen LogP contribution in [0.2, 0.25) is 0 Å². The molecule has 0 fully saturated rings. The predicted octanol–water partition coefficient (Wildman–Crippen LogP) is 4.55. The van der Waals surface area contributed by atoms with Crippen LogP contribution in [0, 0.1) is 0 Å². The van der Waals surface area contributed by atoms with Gasteiger partial charge in [-0.15, -0.1) is 0 Å². The maximum atomic E-state index is 13.9. The van der Waals surface area contributed by atoms with Crippen molar-refractivity contribution >= 4 is 95.3 Å². The number of rotatable bonds is 7. The average Bonchev–Trinajstić information content (AvgIpc) is 2.54. The SMILES string of the molecule is CC(S)(CCCc1ccccc1)c1ccc(C(F)(F)P(=O)(O)O)c(Br)c1.[NaH].[NaH]. The van der Waals surface area contributed by atoms with E-state index in [0.29, 0.717) is 12.0 Å². The van der Waals surface area contributed by atoms with Crippen LogP contribution in [0.4, 0.5) is 8.78 Å². The number of thiol groups is 1.